The summed E-state index contributed by atoms with van der Waals surface area (Å²) in [6.07, 6.45) is 23.1. The monoisotopic (exact) mass is 450 g/mol. The van der Waals surface area contributed by atoms with E-state index < -0.39 is 5.97 Å². The average molecular weight is 450 g/mol. The molecule has 0 fully saturated rings. The maximum Gasteiger partial charge on any atom is 0.303 e. The Balaban J connectivity index is 0. The molecule has 2 nitrogen and oxygen atoms in total. The van der Waals surface area contributed by atoms with Gasteiger partial charge < -0.3 is 5.11 Å². The van der Waals surface area contributed by atoms with E-state index in [0.29, 0.717) is 6.42 Å². The molecule has 0 aromatic heterocycles. The van der Waals surface area contributed by atoms with Crippen LogP contribution in [0.4, 0.5) is 0 Å². The van der Waals surface area contributed by atoms with Gasteiger partial charge in [-0.3, -0.25) is 4.79 Å². The van der Waals surface area contributed by atoms with E-state index in [2.05, 4.69) is 6.92 Å². The number of carboxylic acids is 1. The Kier molecular flexibility index (Phi) is 26.3. The second kappa shape index (κ2) is 23.0. The van der Waals surface area contributed by atoms with Crippen LogP contribution in [0.25, 0.3) is 0 Å². The molecule has 0 saturated carbocycles. The van der Waals surface area contributed by atoms with Gasteiger partial charge >= 0.3 is 5.97 Å². The maximum atomic E-state index is 10.4. The van der Waals surface area contributed by atoms with Gasteiger partial charge in [0.1, 0.15) is 0 Å². The molecule has 0 heterocycles. The van der Waals surface area contributed by atoms with E-state index in [1.807, 2.05) is 0 Å². The van der Waals surface area contributed by atoms with Crippen molar-refractivity contribution in [2.75, 3.05) is 0 Å². The fraction of sp³-hybridized carbons (Fsp3) is 0.950. The van der Waals surface area contributed by atoms with Gasteiger partial charge in [-0.25, -0.2) is 0 Å². The molecule has 134 valence electrons. The van der Waals surface area contributed by atoms with Crippen LogP contribution in [-0.4, -0.2) is 60.0 Å². The van der Waals surface area contributed by atoms with Crippen LogP contribution in [-0.2, 0) is 4.79 Å². The summed E-state index contributed by atoms with van der Waals surface area (Å²) < 4.78 is 0. The number of carbonyl (C=O) groups is 1. The minimum atomic E-state index is -0.652. The Morgan fingerprint density at radius 1 is 0.565 bits per heavy atom. The van der Waals surface area contributed by atoms with Crippen molar-refractivity contribution >= 4 is 54.9 Å². The van der Waals surface area contributed by atoms with E-state index in [1.165, 1.54) is 96.3 Å². The zero-order valence-corrected chi connectivity index (χ0v) is 20.2. The molecule has 3 heteroatoms. The standard InChI is InChI=1S/C20H40O2.Ba/c1-2-3-4-5-6-7-8-9-10-11-12-13-14-15-16-17-18-19-20(21)22;/h2-19H2,1H3,(H,21,22);. The first kappa shape index (κ1) is 26.3. The van der Waals surface area contributed by atoms with Crippen molar-refractivity contribution in [3.63, 3.8) is 0 Å². The number of hydrogen-bond donors (Lipinski definition) is 1. The van der Waals surface area contributed by atoms with Crippen molar-refractivity contribution < 1.29 is 9.90 Å². The van der Waals surface area contributed by atoms with Gasteiger partial charge in [-0.1, -0.05) is 110 Å². The smallest absolute Gasteiger partial charge is 0.303 e. The molecule has 0 bridgehead atoms. The Bertz CT molecular complexity index is 232. The van der Waals surface area contributed by atoms with E-state index in [0.717, 1.165) is 12.8 Å². The zero-order chi connectivity index (χ0) is 16.3. The molecule has 0 amide bonds. The fourth-order valence-electron chi connectivity index (χ4n) is 3.00. The largest absolute Gasteiger partial charge is 0.481 e. The van der Waals surface area contributed by atoms with Gasteiger partial charge in [-0.05, 0) is 6.42 Å². The summed E-state index contributed by atoms with van der Waals surface area (Å²) in [5.74, 6) is -0.652. The second-order valence-electron chi connectivity index (χ2n) is 6.80. The summed E-state index contributed by atoms with van der Waals surface area (Å²) >= 11 is 0. The Labute approximate surface area is 185 Å². The van der Waals surface area contributed by atoms with E-state index >= 15 is 0 Å². The van der Waals surface area contributed by atoms with E-state index in [9.17, 15) is 4.79 Å². The third-order valence-corrected chi connectivity index (χ3v) is 4.49. The molecule has 1 N–H and O–H groups in total. The summed E-state index contributed by atoms with van der Waals surface area (Å²) in [5, 5.41) is 8.54. The number of rotatable bonds is 18. The molecule has 0 aliphatic rings. The van der Waals surface area contributed by atoms with Crippen LogP contribution in [0, 0.1) is 0 Å². The van der Waals surface area contributed by atoms with Gasteiger partial charge in [-0.2, -0.15) is 0 Å². The maximum absolute atomic E-state index is 10.4. The van der Waals surface area contributed by atoms with Gasteiger partial charge in [0.15, 0.2) is 0 Å². The molecule has 0 unspecified atom stereocenters. The Morgan fingerprint density at radius 3 is 1.09 bits per heavy atom. The van der Waals surface area contributed by atoms with Crippen LogP contribution in [0.15, 0.2) is 0 Å². The molecular formula is C20H40BaO2. The van der Waals surface area contributed by atoms with E-state index in [-0.39, 0.29) is 48.9 Å². The third kappa shape index (κ3) is 25.4. The predicted molar refractivity (Wildman–Crippen MR) is 102 cm³/mol. The zero-order valence-electron chi connectivity index (χ0n) is 15.8. The van der Waals surface area contributed by atoms with Crippen molar-refractivity contribution in [2.24, 2.45) is 0 Å². The summed E-state index contributed by atoms with van der Waals surface area (Å²) in [4.78, 5) is 10.4. The minimum Gasteiger partial charge on any atom is -0.481 e. The topological polar surface area (TPSA) is 37.3 Å². The molecule has 2 radical (unpaired) electrons. The fourth-order valence-corrected chi connectivity index (χ4v) is 3.00. The Hall–Kier alpha value is 1.04. The van der Waals surface area contributed by atoms with Crippen LogP contribution in [0.5, 0.6) is 0 Å². The van der Waals surface area contributed by atoms with Crippen LogP contribution in [0.1, 0.15) is 122 Å². The van der Waals surface area contributed by atoms with Gasteiger partial charge in [0.05, 0.1) is 0 Å². The third-order valence-electron chi connectivity index (χ3n) is 4.49. The van der Waals surface area contributed by atoms with Crippen molar-refractivity contribution in [3.05, 3.63) is 0 Å². The first-order valence-electron chi connectivity index (χ1n) is 9.99. The molecule has 0 saturated heterocycles. The van der Waals surface area contributed by atoms with Crippen molar-refractivity contribution in [1.82, 2.24) is 0 Å². The van der Waals surface area contributed by atoms with Gasteiger partial charge in [0.25, 0.3) is 0 Å². The quantitative estimate of drug-likeness (QED) is 0.186. The summed E-state index contributed by atoms with van der Waals surface area (Å²) in [5.41, 5.74) is 0. The Morgan fingerprint density at radius 2 is 0.826 bits per heavy atom. The normalized spacial score (nSPS) is 10.5. The van der Waals surface area contributed by atoms with E-state index in [4.69, 9.17) is 5.11 Å². The van der Waals surface area contributed by atoms with Crippen LogP contribution in [0.3, 0.4) is 0 Å². The van der Waals surface area contributed by atoms with Crippen LogP contribution < -0.4 is 0 Å². The SMILES string of the molecule is CCCCCCCCCCCCCCCCCCCC(=O)O.[Ba]. The average Bonchev–Trinajstić information content (AvgIpc) is 2.50. The number of carboxylic acid groups (broad SMARTS) is 1. The number of unbranched alkanes of at least 4 members (excludes halogenated alkanes) is 16. The summed E-state index contributed by atoms with van der Waals surface area (Å²) in [6.45, 7) is 2.28. The van der Waals surface area contributed by atoms with Gasteiger partial charge in [0, 0.05) is 55.3 Å². The molecule has 0 spiro atoms. The van der Waals surface area contributed by atoms with Gasteiger partial charge in [0.2, 0.25) is 0 Å². The first-order chi connectivity index (χ1) is 10.8. The second-order valence-corrected chi connectivity index (χ2v) is 6.80. The minimum absolute atomic E-state index is 0. The molecule has 0 aliphatic heterocycles. The van der Waals surface area contributed by atoms with E-state index in [1.54, 1.807) is 0 Å². The first-order valence-corrected chi connectivity index (χ1v) is 9.99. The van der Waals surface area contributed by atoms with Crippen LogP contribution >= 0.6 is 0 Å². The molecule has 0 aromatic rings. The number of aliphatic carboxylic acids is 1. The predicted octanol–water partition coefficient (Wildman–Crippen LogP) is 6.73. The van der Waals surface area contributed by atoms with Crippen molar-refractivity contribution in [3.8, 4) is 0 Å². The molecular weight excluding hydrogens is 410 g/mol. The summed E-state index contributed by atoms with van der Waals surface area (Å²) in [7, 11) is 0. The van der Waals surface area contributed by atoms with Crippen LogP contribution in [0.2, 0.25) is 0 Å². The van der Waals surface area contributed by atoms with Crippen molar-refractivity contribution in [1.29, 1.82) is 0 Å². The molecule has 0 aromatic carbocycles. The molecule has 0 aliphatic carbocycles. The molecule has 0 atom stereocenters. The summed E-state index contributed by atoms with van der Waals surface area (Å²) in [6, 6.07) is 0. The number of hydrogen-bond acceptors (Lipinski definition) is 1. The molecule has 23 heavy (non-hydrogen) atoms. The van der Waals surface area contributed by atoms with Gasteiger partial charge in [-0.15, -0.1) is 0 Å². The van der Waals surface area contributed by atoms with Crippen molar-refractivity contribution in [2.45, 2.75) is 122 Å². The molecule has 0 rings (SSSR count).